The molecule has 0 radical (unpaired) electrons. The second-order valence-corrected chi connectivity index (χ2v) is 8.00. The first-order valence-corrected chi connectivity index (χ1v) is 9.53. The minimum atomic E-state index is -0.175. The van der Waals surface area contributed by atoms with Crippen molar-refractivity contribution >= 4 is 16.7 Å². The molecule has 4 aliphatic carbocycles. The van der Waals surface area contributed by atoms with Gasteiger partial charge in [0.2, 0.25) is 5.89 Å². The van der Waals surface area contributed by atoms with E-state index in [0.717, 1.165) is 12.2 Å². The molecule has 2 bridgehead atoms. The zero-order chi connectivity index (χ0) is 19.3. The first kappa shape index (κ1) is 15.3. The number of hydrogen-bond acceptors (Lipinski definition) is 7. The van der Waals surface area contributed by atoms with Gasteiger partial charge in [0, 0.05) is 25.4 Å². The lowest BCUT2D eigenvalue weighted by Crippen LogP contribution is -2.22. The number of pyridine rings is 1. The van der Waals surface area contributed by atoms with Gasteiger partial charge in [-0.3, -0.25) is 14.3 Å². The highest BCUT2D eigenvalue weighted by Crippen LogP contribution is 2.90. The fourth-order valence-electron chi connectivity index (χ4n) is 5.25. The summed E-state index contributed by atoms with van der Waals surface area (Å²) in [5, 5.41) is 4.27. The minimum Gasteiger partial charge on any atom is -0.337 e. The molecule has 2 saturated carbocycles. The third-order valence-electron chi connectivity index (χ3n) is 6.66. The molecule has 0 aliphatic heterocycles. The predicted octanol–water partition coefficient (Wildman–Crippen LogP) is 1.31. The van der Waals surface area contributed by atoms with E-state index in [1.165, 1.54) is 27.6 Å². The fourth-order valence-corrected chi connectivity index (χ4v) is 5.25. The minimum absolute atomic E-state index is 0.0183. The summed E-state index contributed by atoms with van der Waals surface area (Å²) in [6, 6.07) is 4.12. The quantitative estimate of drug-likeness (QED) is 0.522. The monoisotopic (exact) mass is 385 g/mol. The van der Waals surface area contributed by atoms with Gasteiger partial charge in [0.1, 0.15) is 12.9 Å². The van der Waals surface area contributed by atoms with E-state index >= 15 is 0 Å². The summed E-state index contributed by atoms with van der Waals surface area (Å²) in [5.74, 6) is 2.32. The largest absolute Gasteiger partial charge is 0.337 e. The first-order valence-electron chi connectivity index (χ1n) is 9.53. The molecule has 3 atom stereocenters. The van der Waals surface area contributed by atoms with Gasteiger partial charge in [0.05, 0.1) is 11.7 Å². The molecule has 9 nitrogen and oxygen atoms in total. The van der Waals surface area contributed by atoms with E-state index in [9.17, 15) is 4.79 Å². The first-order chi connectivity index (χ1) is 14.2. The van der Waals surface area contributed by atoms with Gasteiger partial charge in [-0.15, -0.1) is 0 Å². The normalized spacial score (nSPS) is 26.2. The van der Waals surface area contributed by atoms with E-state index in [1.807, 2.05) is 12.4 Å². The van der Waals surface area contributed by atoms with Gasteiger partial charge >= 0.3 is 0 Å². The van der Waals surface area contributed by atoms with Crippen molar-refractivity contribution < 1.29 is 4.52 Å². The number of aryl methyl sites for hydroxylation is 1. The Morgan fingerprint density at radius 2 is 2.07 bits per heavy atom. The van der Waals surface area contributed by atoms with Gasteiger partial charge in [-0.1, -0.05) is 5.16 Å². The highest BCUT2D eigenvalue weighted by molar-refractivity contribution is 5.89. The van der Waals surface area contributed by atoms with Crippen LogP contribution in [-0.4, -0.2) is 34.2 Å². The summed E-state index contributed by atoms with van der Waals surface area (Å²) < 4.78 is 8.65. The van der Waals surface area contributed by atoms with Crippen molar-refractivity contribution in [3.05, 3.63) is 70.4 Å². The molecule has 4 aliphatic rings. The van der Waals surface area contributed by atoms with E-state index in [2.05, 4.69) is 37.2 Å². The molecule has 0 spiro atoms. The zero-order valence-electron chi connectivity index (χ0n) is 15.5. The van der Waals surface area contributed by atoms with Crippen LogP contribution in [0.25, 0.3) is 16.7 Å². The molecular formula is C20H15N7O2. The van der Waals surface area contributed by atoms with E-state index in [0.29, 0.717) is 28.9 Å². The second-order valence-electron chi connectivity index (χ2n) is 8.00. The molecule has 0 amide bonds. The molecule has 142 valence electrons. The van der Waals surface area contributed by atoms with Crippen LogP contribution in [0.3, 0.4) is 0 Å². The summed E-state index contributed by atoms with van der Waals surface area (Å²) in [6.45, 7) is 0.196. The Balaban J connectivity index is 1.21. The Morgan fingerprint density at radius 3 is 2.90 bits per heavy atom. The lowest BCUT2D eigenvalue weighted by molar-refractivity contribution is 0.363. The van der Waals surface area contributed by atoms with E-state index in [-0.39, 0.29) is 17.5 Å². The van der Waals surface area contributed by atoms with Crippen molar-refractivity contribution in [1.29, 1.82) is 0 Å². The second kappa shape index (κ2) is 4.86. The number of allylic oxidation sites excluding steroid dienone is 2. The van der Waals surface area contributed by atoms with Gasteiger partial charge in [0.25, 0.3) is 5.56 Å². The fraction of sp³-hybridized carbons (Fsp3) is 0.300. The molecule has 0 saturated heterocycles. The van der Waals surface area contributed by atoms with Crippen LogP contribution in [0, 0.1) is 11.8 Å². The summed E-state index contributed by atoms with van der Waals surface area (Å²) in [6.07, 6.45) is 7.78. The Labute approximate surface area is 163 Å². The van der Waals surface area contributed by atoms with Crippen molar-refractivity contribution in [2.75, 3.05) is 0 Å². The standard InChI is InChI=1S/C20H15N7O2/c1-26-8-22-17-16(26)18(28)27(9-23-17)7-13-24-19(25-29-13)20-12-6-11(14(20)15(12)20)10-2-4-21-5-3-10/h2-5,8-9,12,15H,6-7H2,1H3/t12-,15-,20+/m1/s1. The molecule has 4 aromatic heterocycles. The number of fused-ring (bicyclic) bond motifs is 2. The smallest absolute Gasteiger partial charge is 0.280 e. The van der Waals surface area contributed by atoms with E-state index in [1.54, 1.807) is 17.9 Å². The van der Waals surface area contributed by atoms with Crippen molar-refractivity contribution in [2.24, 2.45) is 18.9 Å². The summed E-state index contributed by atoms with van der Waals surface area (Å²) in [5.41, 5.74) is 4.81. The number of aromatic nitrogens is 7. The highest BCUT2D eigenvalue weighted by Gasteiger charge is 2.89. The van der Waals surface area contributed by atoms with Crippen molar-refractivity contribution in [2.45, 2.75) is 18.4 Å². The van der Waals surface area contributed by atoms with Crippen LogP contribution in [-0.2, 0) is 19.0 Å². The van der Waals surface area contributed by atoms with E-state index in [4.69, 9.17) is 4.52 Å². The third-order valence-corrected chi connectivity index (χ3v) is 6.66. The van der Waals surface area contributed by atoms with Crippen LogP contribution in [0.15, 0.2) is 52.1 Å². The number of hydrogen-bond donors (Lipinski definition) is 0. The van der Waals surface area contributed by atoms with Crippen LogP contribution in [0.1, 0.15) is 23.7 Å². The molecule has 4 aromatic rings. The van der Waals surface area contributed by atoms with Gasteiger partial charge < -0.3 is 9.09 Å². The SMILES string of the molecule is Cn1cnc2ncn(Cc3nc([C@]45C6=C(c7ccncc7)C[C@@H]4[C@H]65)no3)c(=O)c21. The van der Waals surface area contributed by atoms with Crippen molar-refractivity contribution in [3.8, 4) is 0 Å². The third kappa shape index (κ3) is 1.76. The summed E-state index contributed by atoms with van der Waals surface area (Å²) in [7, 11) is 1.77. The highest BCUT2D eigenvalue weighted by atomic mass is 16.5. The molecule has 2 fully saturated rings. The topological polar surface area (TPSA) is 105 Å². The number of nitrogens with zero attached hydrogens (tertiary/aromatic N) is 7. The lowest BCUT2D eigenvalue weighted by atomic mass is 10.1. The Morgan fingerprint density at radius 1 is 1.24 bits per heavy atom. The number of rotatable bonds is 4. The van der Waals surface area contributed by atoms with Gasteiger partial charge in [-0.2, -0.15) is 4.98 Å². The van der Waals surface area contributed by atoms with Crippen LogP contribution < -0.4 is 5.56 Å². The number of imidazole rings is 1. The maximum absolute atomic E-state index is 12.7. The summed E-state index contributed by atoms with van der Waals surface area (Å²) in [4.78, 5) is 29.8. The molecule has 8 rings (SSSR count). The van der Waals surface area contributed by atoms with Crippen LogP contribution >= 0.6 is 0 Å². The maximum atomic E-state index is 12.7. The Kier molecular flexibility index (Phi) is 2.57. The Bertz CT molecular complexity index is 1410. The molecule has 9 heteroatoms. The molecule has 0 N–H and O–H groups in total. The molecule has 29 heavy (non-hydrogen) atoms. The van der Waals surface area contributed by atoms with Crippen LogP contribution in [0.5, 0.6) is 0 Å². The van der Waals surface area contributed by atoms with Gasteiger partial charge in [-0.05, 0) is 41.2 Å². The van der Waals surface area contributed by atoms with Gasteiger partial charge in [0.15, 0.2) is 17.0 Å². The maximum Gasteiger partial charge on any atom is 0.280 e. The van der Waals surface area contributed by atoms with Gasteiger partial charge in [-0.25, -0.2) is 9.97 Å². The van der Waals surface area contributed by atoms with Crippen molar-refractivity contribution in [1.82, 2.24) is 34.2 Å². The summed E-state index contributed by atoms with van der Waals surface area (Å²) >= 11 is 0. The Hall–Kier alpha value is -3.62. The molecule has 4 heterocycles. The average molecular weight is 385 g/mol. The van der Waals surface area contributed by atoms with E-state index < -0.39 is 0 Å². The average Bonchev–Trinajstić information content (AvgIpc) is 3.20. The lowest BCUT2D eigenvalue weighted by Gasteiger charge is -2.02. The predicted molar refractivity (Wildman–Crippen MR) is 101 cm³/mol. The molecular weight excluding hydrogens is 370 g/mol. The zero-order valence-corrected chi connectivity index (χ0v) is 15.5. The van der Waals surface area contributed by atoms with Crippen molar-refractivity contribution in [3.63, 3.8) is 0 Å². The molecule has 0 unspecified atom stereocenters. The molecule has 0 aromatic carbocycles. The van der Waals surface area contributed by atoms with Crippen LogP contribution in [0.4, 0.5) is 0 Å². The van der Waals surface area contributed by atoms with Crippen LogP contribution in [0.2, 0.25) is 0 Å².